The van der Waals surface area contributed by atoms with Gasteiger partial charge < -0.3 is 14.9 Å². The number of phenolic OH excluding ortho intramolecular Hbond substituents is 2. The molecule has 0 spiro atoms. The number of benzene rings is 2. The van der Waals surface area contributed by atoms with Crippen molar-refractivity contribution in [1.82, 2.24) is 9.55 Å². The zero-order valence-corrected chi connectivity index (χ0v) is 14.0. The minimum absolute atomic E-state index is 0.203. The number of imidazole rings is 1. The minimum atomic E-state index is -0.268. The molecule has 0 aliphatic carbocycles. The van der Waals surface area contributed by atoms with Crippen molar-refractivity contribution < 1.29 is 14.9 Å². The van der Waals surface area contributed by atoms with Crippen molar-refractivity contribution >= 4 is 16.7 Å². The number of para-hydroxylation sites is 2. The molecule has 1 aromatic heterocycles. The Morgan fingerprint density at radius 3 is 2.62 bits per heavy atom. The maximum absolute atomic E-state index is 10.2. The van der Waals surface area contributed by atoms with Crippen molar-refractivity contribution in [2.45, 2.75) is 20.3 Å². The van der Waals surface area contributed by atoms with Crippen LogP contribution in [-0.2, 0) is 0 Å². The standard InChI is InChI=1S/C19H20N2O3/c1-5-11(2)21-15-9-7-6-8-14(15)20-19(21)13-10-16(24-4)18(23)17(22)12(13)3/h6-10,22-23H,2,5H2,1,3-4H3. The Hall–Kier alpha value is -2.95. The number of nitrogens with zero attached hydrogens (tertiary/aromatic N) is 2. The van der Waals surface area contributed by atoms with Crippen molar-refractivity contribution in [1.29, 1.82) is 0 Å². The third-order valence-corrected chi connectivity index (χ3v) is 4.24. The molecule has 0 bridgehead atoms. The summed E-state index contributed by atoms with van der Waals surface area (Å²) >= 11 is 0. The minimum Gasteiger partial charge on any atom is -0.504 e. The van der Waals surface area contributed by atoms with Crippen LogP contribution in [0.5, 0.6) is 17.2 Å². The van der Waals surface area contributed by atoms with E-state index in [2.05, 4.69) is 6.58 Å². The third kappa shape index (κ3) is 2.29. The van der Waals surface area contributed by atoms with E-state index in [0.717, 1.165) is 23.2 Å². The van der Waals surface area contributed by atoms with Gasteiger partial charge in [-0.2, -0.15) is 0 Å². The SMILES string of the molecule is C=C(CC)n1c(-c2cc(OC)c(O)c(O)c2C)nc2ccccc21. The van der Waals surface area contributed by atoms with Gasteiger partial charge in [-0.3, -0.25) is 4.57 Å². The van der Waals surface area contributed by atoms with E-state index < -0.39 is 0 Å². The molecule has 2 N–H and O–H groups in total. The molecule has 24 heavy (non-hydrogen) atoms. The molecular weight excluding hydrogens is 304 g/mol. The maximum Gasteiger partial charge on any atom is 0.200 e. The summed E-state index contributed by atoms with van der Waals surface area (Å²) in [6, 6.07) is 9.49. The summed E-state index contributed by atoms with van der Waals surface area (Å²) in [6.45, 7) is 7.91. The lowest BCUT2D eigenvalue weighted by molar-refractivity contribution is 0.350. The van der Waals surface area contributed by atoms with Gasteiger partial charge in [-0.15, -0.1) is 0 Å². The van der Waals surface area contributed by atoms with E-state index in [4.69, 9.17) is 9.72 Å². The molecule has 0 aliphatic rings. The zero-order valence-electron chi connectivity index (χ0n) is 14.0. The molecule has 2 aromatic carbocycles. The number of rotatable bonds is 4. The van der Waals surface area contributed by atoms with Crippen LogP contribution in [0.25, 0.3) is 28.1 Å². The van der Waals surface area contributed by atoms with Gasteiger partial charge in [0.05, 0.1) is 18.1 Å². The van der Waals surface area contributed by atoms with Crippen LogP contribution in [-0.4, -0.2) is 26.9 Å². The first kappa shape index (κ1) is 15.9. The highest BCUT2D eigenvalue weighted by Crippen LogP contribution is 2.44. The highest BCUT2D eigenvalue weighted by molar-refractivity contribution is 5.86. The van der Waals surface area contributed by atoms with Crippen LogP contribution in [0, 0.1) is 6.92 Å². The normalized spacial score (nSPS) is 11.0. The molecular formula is C19H20N2O3. The molecule has 0 saturated heterocycles. The molecule has 0 amide bonds. The van der Waals surface area contributed by atoms with E-state index >= 15 is 0 Å². The summed E-state index contributed by atoms with van der Waals surface area (Å²) in [5.74, 6) is 0.392. The van der Waals surface area contributed by atoms with Crippen molar-refractivity contribution in [3.63, 3.8) is 0 Å². The fourth-order valence-electron chi connectivity index (χ4n) is 2.80. The van der Waals surface area contributed by atoms with Gasteiger partial charge in [-0.1, -0.05) is 25.6 Å². The summed E-state index contributed by atoms with van der Waals surface area (Å²) in [5.41, 5.74) is 3.91. The topological polar surface area (TPSA) is 67.5 Å². The van der Waals surface area contributed by atoms with Gasteiger partial charge in [-0.25, -0.2) is 4.98 Å². The first-order chi connectivity index (χ1) is 11.5. The number of phenols is 2. The van der Waals surface area contributed by atoms with Crippen LogP contribution in [0.1, 0.15) is 18.9 Å². The van der Waals surface area contributed by atoms with Gasteiger partial charge in [0, 0.05) is 16.8 Å². The Labute approximate surface area is 140 Å². The molecule has 124 valence electrons. The number of methoxy groups -OCH3 is 1. The fourth-order valence-corrected chi connectivity index (χ4v) is 2.80. The van der Waals surface area contributed by atoms with E-state index in [1.165, 1.54) is 7.11 Å². The predicted molar refractivity (Wildman–Crippen MR) is 95.4 cm³/mol. The van der Waals surface area contributed by atoms with E-state index in [1.807, 2.05) is 35.8 Å². The number of aromatic nitrogens is 2. The fraction of sp³-hybridized carbons (Fsp3) is 0.211. The first-order valence-corrected chi connectivity index (χ1v) is 7.75. The quantitative estimate of drug-likeness (QED) is 0.702. The molecule has 5 heteroatoms. The number of aromatic hydroxyl groups is 2. The maximum atomic E-state index is 10.2. The second kappa shape index (κ2) is 5.92. The highest BCUT2D eigenvalue weighted by atomic mass is 16.5. The van der Waals surface area contributed by atoms with Crippen molar-refractivity contribution in [2.24, 2.45) is 0 Å². The van der Waals surface area contributed by atoms with Crippen LogP contribution in [0.4, 0.5) is 0 Å². The predicted octanol–water partition coefficient (Wildman–Crippen LogP) is 4.31. The van der Waals surface area contributed by atoms with Crippen LogP contribution in [0.15, 0.2) is 36.9 Å². The van der Waals surface area contributed by atoms with Gasteiger partial charge in [-0.05, 0) is 31.5 Å². The first-order valence-electron chi connectivity index (χ1n) is 7.75. The Morgan fingerprint density at radius 2 is 1.96 bits per heavy atom. The number of ether oxygens (including phenoxy) is 1. The van der Waals surface area contributed by atoms with Crippen LogP contribution < -0.4 is 4.74 Å². The van der Waals surface area contributed by atoms with Gasteiger partial charge in [0.1, 0.15) is 5.82 Å². The zero-order chi connectivity index (χ0) is 17.4. The lowest BCUT2D eigenvalue weighted by atomic mass is 10.1. The van der Waals surface area contributed by atoms with Crippen molar-refractivity contribution in [3.05, 3.63) is 42.5 Å². The molecule has 0 atom stereocenters. The number of hydrogen-bond acceptors (Lipinski definition) is 4. The lowest BCUT2D eigenvalue weighted by Crippen LogP contribution is -2.00. The summed E-state index contributed by atoms with van der Waals surface area (Å²) < 4.78 is 7.15. The van der Waals surface area contributed by atoms with Crippen LogP contribution >= 0.6 is 0 Å². The Morgan fingerprint density at radius 1 is 1.25 bits per heavy atom. The number of allylic oxidation sites excluding steroid dienone is 1. The van der Waals surface area contributed by atoms with E-state index in [0.29, 0.717) is 17.0 Å². The summed E-state index contributed by atoms with van der Waals surface area (Å²) in [6.07, 6.45) is 0.758. The lowest BCUT2D eigenvalue weighted by Gasteiger charge is -2.15. The summed E-state index contributed by atoms with van der Waals surface area (Å²) in [4.78, 5) is 4.71. The summed E-state index contributed by atoms with van der Waals surface area (Å²) in [7, 11) is 1.45. The van der Waals surface area contributed by atoms with Gasteiger partial charge >= 0.3 is 0 Å². The van der Waals surface area contributed by atoms with E-state index in [-0.39, 0.29) is 17.2 Å². The van der Waals surface area contributed by atoms with Crippen molar-refractivity contribution in [2.75, 3.05) is 7.11 Å². The Balaban J connectivity index is 2.38. The van der Waals surface area contributed by atoms with Gasteiger partial charge in [0.25, 0.3) is 0 Å². The van der Waals surface area contributed by atoms with Crippen LogP contribution in [0.3, 0.4) is 0 Å². The molecule has 0 saturated carbocycles. The second-order valence-electron chi connectivity index (χ2n) is 5.63. The molecule has 3 rings (SSSR count). The van der Waals surface area contributed by atoms with Gasteiger partial charge in [0.15, 0.2) is 11.5 Å². The number of hydrogen-bond donors (Lipinski definition) is 2. The monoisotopic (exact) mass is 324 g/mol. The second-order valence-corrected chi connectivity index (χ2v) is 5.63. The van der Waals surface area contributed by atoms with Gasteiger partial charge in [0.2, 0.25) is 5.75 Å². The molecule has 0 fully saturated rings. The molecule has 0 radical (unpaired) electrons. The van der Waals surface area contributed by atoms with E-state index in [9.17, 15) is 10.2 Å². The highest BCUT2D eigenvalue weighted by Gasteiger charge is 2.21. The van der Waals surface area contributed by atoms with Crippen LogP contribution in [0.2, 0.25) is 0 Å². The average molecular weight is 324 g/mol. The largest absolute Gasteiger partial charge is 0.504 e. The molecule has 1 heterocycles. The average Bonchev–Trinajstić information content (AvgIpc) is 2.98. The molecule has 0 aliphatic heterocycles. The molecule has 3 aromatic rings. The van der Waals surface area contributed by atoms with Crippen molar-refractivity contribution in [3.8, 4) is 28.6 Å². The Kier molecular flexibility index (Phi) is 3.93. The smallest absolute Gasteiger partial charge is 0.200 e. The third-order valence-electron chi connectivity index (χ3n) is 4.24. The molecule has 5 nitrogen and oxygen atoms in total. The Bertz CT molecular complexity index is 941. The molecule has 0 unspecified atom stereocenters. The number of fused-ring (bicyclic) bond motifs is 1. The van der Waals surface area contributed by atoms with E-state index in [1.54, 1.807) is 13.0 Å². The summed E-state index contributed by atoms with van der Waals surface area (Å²) in [5, 5.41) is 20.2.